The van der Waals surface area contributed by atoms with Gasteiger partial charge in [0.15, 0.2) is 0 Å². The normalized spacial score (nSPS) is 24.4. The molecule has 1 aromatic heterocycles. The summed E-state index contributed by atoms with van der Waals surface area (Å²) in [6.45, 7) is 3.05. The second kappa shape index (κ2) is 5.20. The summed E-state index contributed by atoms with van der Waals surface area (Å²) in [4.78, 5) is 12.4. The molecule has 20 heavy (non-hydrogen) atoms. The van der Waals surface area contributed by atoms with Gasteiger partial charge in [-0.15, -0.1) is 0 Å². The van der Waals surface area contributed by atoms with Gasteiger partial charge in [-0.05, 0) is 45.1 Å². The molecule has 0 radical (unpaired) electrons. The van der Waals surface area contributed by atoms with Crippen LogP contribution in [-0.2, 0) is 13.5 Å². The van der Waals surface area contributed by atoms with Crippen LogP contribution in [0.5, 0.6) is 0 Å². The van der Waals surface area contributed by atoms with Crippen molar-refractivity contribution < 1.29 is 4.79 Å². The highest BCUT2D eigenvalue weighted by Gasteiger charge is 2.41. The minimum atomic E-state index is 0.0383. The fourth-order valence-electron chi connectivity index (χ4n) is 3.51. The number of nitrogens with one attached hydrogen (secondary N) is 2. The summed E-state index contributed by atoms with van der Waals surface area (Å²) in [6.07, 6.45) is 8.54. The fraction of sp³-hybridized carbons (Fsp3) is 0.733. The van der Waals surface area contributed by atoms with Crippen molar-refractivity contribution in [1.82, 2.24) is 20.4 Å². The number of carbonyl (C=O) groups is 1. The molecule has 3 rings (SSSR count). The van der Waals surface area contributed by atoms with Gasteiger partial charge in [0.1, 0.15) is 0 Å². The maximum absolute atomic E-state index is 12.4. The van der Waals surface area contributed by atoms with Crippen molar-refractivity contribution in [1.29, 1.82) is 0 Å². The topological polar surface area (TPSA) is 59.0 Å². The molecule has 110 valence electrons. The summed E-state index contributed by atoms with van der Waals surface area (Å²) in [5.74, 6) is 0.0383. The first-order valence-corrected chi connectivity index (χ1v) is 7.70. The predicted molar refractivity (Wildman–Crippen MR) is 77.7 cm³/mol. The number of carbonyl (C=O) groups excluding carboxylic acids is 1. The quantitative estimate of drug-likeness (QED) is 0.877. The Labute approximate surface area is 120 Å². The third-order valence-corrected chi connectivity index (χ3v) is 4.76. The molecule has 5 nitrogen and oxygen atoms in total. The SMILES string of the molecule is CCc1nn(C)cc1C(=O)NC1CCNC2(CCC2)C1. The molecule has 1 saturated carbocycles. The molecule has 0 bridgehead atoms. The molecule has 1 aliphatic carbocycles. The van der Waals surface area contributed by atoms with Gasteiger partial charge in [-0.1, -0.05) is 6.92 Å². The van der Waals surface area contributed by atoms with E-state index in [-0.39, 0.29) is 5.91 Å². The number of piperidine rings is 1. The van der Waals surface area contributed by atoms with E-state index in [2.05, 4.69) is 15.7 Å². The maximum atomic E-state index is 12.4. The molecule has 2 heterocycles. The van der Waals surface area contributed by atoms with Gasteiger partial charge in [0.2, 0.25) is 0 Å². The fourth-order valence-corrected chi connectivity index (χ4v) is 3.51. The molecular weight excluding hydrogens is 252 g/mol. The lowest BCUT2D eigenvalue weighted by atomic mass is 9.70. The highest BCUT2D eigenvalue weighted by molar-refractivity contribution is 5.95. The van der Waals surface area contributed by atoms with Gasteiger partial charge in [0.25, 0.3) is 5.91 Å². The Bertz CT molecular complexity index is 504. The minimum Gasteiger partial charge on any atom is -0.349 e. The van der Waals surface area contributed by atoms with Crippen LogP contribution in [0.2, 0.25) is 0 Å². The van der Waals surface area contributed by atoms with Gasteiger partial charge in [0.05, 0.1) is 11.3 Å². The van der Waals surface area contributed by atoms with E-state index in [4.69, 9.17) is 0 Å². The first kappa shape index (κ1) is 13.6. The second-order valence-corrected chi connectivity index (χ2v) is 6.24. The molecular formula is C15H24N4O. The molecule has 1 atom stereocenters. The second-order valence-electron chi connectivity index (χ2n) is 6.24. The van der Waals surface area contributed by atoms with Gasteiger partial charge >= 0.3 is 0 Å². The van der Waals surface area contributed by atoms with E-state index < -0.39 is 0 Å². The molecule has 1 saturated heterocycles. The van der Waals surface area contributed by atoms with E-state index in [1.807, 2.05) is 20.2 Å². The first-order valence-electron chi connectivity index (χ1n) is 7.70. The van der Waals surface area contributed by atoms with Crippen LogP contribution in [0.1, 0.15) is 55.1 Å². The highest BCUT2D eigenvalue weighted by atomic mass is 16.1. The Balaban J connectivity index is 1.66. The van der Waals surface area contributed by atoms with Crippen molar-refractivity contribution in [3.8, 4) is 0 Å². The summed E-state index contributed by atoms with van der Waals surface area (Å²) in [5, 5.41) is 11.2. The van der Waals surface area contributed by atoms with Crippen molar-refractivity contribution in [3.05, 3.63) is 17.5 Å². The third kappa shape index (κ3) is 2.46. The first-order chi connectivity index (χ1) is 9.62. The van der Waals surface area contributed by atoms with Crippen LogP contribution in [0, 0.1) is 0 Å². The zero-order valence-corrected chi connectivity index (χ0v) is 12.4. The molecule has 2 N–H and O–H groups in total. The van der Waals surface area contributed by atoms with Crippen molar-refractivity contribution in [3.63, 3.8) is 0 Å². The lowest BCUT2D eigenvalue weighted by molar-refractivity contribution is 0.0852. The number of amides is 1. The van der Waals surface area contributed by atoms with E-state index in [1.165, 1.54) is 19.3 Å². The largest absolute Gasteiger partial charge is 0.349 e. The molecule has 2 fully saturated rings. The molecule has 1 aromatic rings. The summed E-state index contributed by atoms with van der Waals surface area (Å²) in [7, 11) is 1.86. The number of hydrogen-bond donors (Lipinski definition) is 2. The van der Waals surface area contributed by atoms with Crippen molar-refractivity contribution in [2.24, 2.45) is 7.05 Å². The predicted octanol–water partition coefficient (Wildman–Crippen LogP) is 1.39. The van der Waals surface area contributed by atoms with E-state index in [0.29, 0.717) is 11.6 Å². The summed E-state index contributed by atoms with van der Waals surface area (Å²) in [5.41, 5.74) is 1.94. The average Bonchev–Trinajstić information content (AvgIpc) is 2.78. The van der Waals surface area contributed by atoms with Gasteiger partial charge in [-0.3, -0.25) is 9.48 Å². The summed E-state index contributed by atoms with van der Waals surface area (Å²) < 4.78 is 1.73. The Morgan fingerprint density at radius 2 is 2.40 bits per heavy atom. The molecule has 1 amide bonds. The van der Waals surface area contributed by atoms with Crippen LogP contribution >= 0.6 is 0 Å². The van der Waals surface area contributed by atoms with E-state index in [9.17, 15) is 4.79 Å². The van der Waals surface area contributed by atoms with E-state index in [1.54, 1.807) is 4.68 Å². The summed E-state index contributed by atoms with van der Waals surface area (Å²) in [6, 6.07) is 0.300. The Hall–Kier alpha value is -1.36. The number of aromatic nitrogens is 2. The van der Waals surface area contributed by atoms with Crippen LogP contribution in [0.4, 0.5) is 0 Å². The smallest absolute Gasteiger partial charge is 0.254 e. The number of rotatable bonds is 3. The molecule has 1 aliphatic heterocycles. The Kier molecular flexibility index (Phi) is 3.54. The Morgan fingerprint density at radius 3 is 3.05 bits per heavy atom. The molecule has 5 heteroatoms. The number of hydrogen-bond acceptors (Lipinski definition) is 3. The van der Waals surface area contributed by atoms with Crippen molar-refractivity contribution >= 4 is 5.91 Å². The highest BCUT2D eigenvalue weighted by Crippen LogP contribution is 2.38. The zero-order chi connectivity index (χ0) is 14.2. The van der Waals surface area contributed by atoms with Gasteiger partial charge in [-0.25, -0.2) is 0 Å². The van der Waals surface area contributed by atoms with Crippen LogP contribution < -0.4 is 10.6 Å². The van der Waals surface area contributed by atoms with Crippen LogP contribution in [0.15, 0.2) is 6.20 Å². The lowest BCUT2D eigenvalue weighted by Gasteiger charge is -2.48. The molecule has 1 unspecified atom stereocenters. The van der Waals surface area contributed by atoms with Gasteiger partial charge < -0.3 is 10.6 Å². The number of nitrogens with zero attached hydrogens (tertiary/aromatic N) is 2. The Morgan fingerprint density at radius 1 is 1.60 bits per heavy atom. The van der Waals surface area contributed by atoms with Crippen LogP contribution in [0.3, 0.4) is 0 Å². The average molecular weight is 276 g/mol. The summed E-state index contributed by atoms with van der Waals surface area (Å²) >= 11 is 0. The molecule has 0 aromatic carbocycles. The number of aryl methyl sites for hydroxylation is 2. The molecule has 2 aliphatic rings. The van der Waals surface area contributed by atoms with E-state index >= 15 is 0 Å². The van der Waals surface area contributed by atoms with Crippen molar-refractivity contribution in [2.75, 3.05) is 6.54 Å². The van der Waals surface area contributed by atoms with Crippen LogP contribution in [-0.4, -0.2) is 33.8 Å². The van der Waals surface area contributed by atoms with Crippen molar-refractivity contribution in [2.45, 2.75) is 57.0 Å². The lowest BCUT2D eigenvalue weighted by Crippen LogP contribution is -2.59. The van der Waals surface area contributed by atoms with Gasteiger partial charge in [0, 0.05) is 24.8 Å². The third-order valence-electron chi connectivity index (χ3n) is 4.76. The van der Waals surface area contributed by atoms with Gasteiger partial charge in [-0.2, -0.15) is 5.10 Å². The maximum Gasteiger partial charge on any atom is 0.254 e. The van der Waals surface area contributed by atoms with E-state index in [0.717, 1.165) is 37.1 Å². The minimum absolute atomic E-state index is 0.0383. The zero-order valence-electron chi connectivity index (χ0n) is 12.4. The molecule has 1 spiro atoms. The van der Waals surface area contributed by atoms with Crippen LogP contribution in [0.25, 0.3) is 0 Å². The monoisotopic (exact) mass is 276 g/mol. The standard InChI is InChI=1S/C15H24N4O/c1-3-13-12(10-19(2)18-13)14(20)17-11-5-8-16-15(9-11)6-4-7-15/h10-11,16H,3-9H2,1-2H3,(H,17,20).